The third-order valence-electron chi connectivity index (χ3n) is 10.3. The molecule has 0 amide bonds. The molecule has 0 unspecified atom stereocenters. The van der Waals surface area contributed by atoms with E-state index in [9.17, 15) is 17.6 Å². The lowest BCUT2D eigenvalue weighted by molar-refractivity contribution is -0.109. The van der Waals surface area contributed by atoms with E-state index in [4.69, 9.17) is 28.4 Å². The van der Waals surface area contributed by atoms with Crippen LogP contribution in [0.3, 0.4) is 0 Å². The molecule has 480 valence electrons. The molecular weight excluding hydrogens is 965 g/mol. The van der Waals surface area contributed by atoms with Crippen molar-refractivity contribution in [3.05, 3.63) is 0 Å². The van der Waals surface area contributed by atoms with Crippen molar-refractivity contribution >= 4 is 0 Å². The summed E-state index contributed by atoms with van der Waals surface area (Å²) in [4.78, 5) is 0. The highest BCUT2D eigenvalue weighted by Gasteiger charge is 2.34. The van der Waals surface area contributed by atoms with Gasteiger partial charge in [-0.2, -0.15) is 0 Å². The molecule has 0 saturated heterocycles. The summed E-state index contributed by atoms with van der Waals surface area (Å²) < 4.78 is 83.4. The predicted octanol–water partition coefficient (Wildman–Crippen LogP) is 23.0. The van der Waals surface area contributed by atoms with Gasteiger partial charge in [0.05, 0.1) is 6.10 Å². The van der Waals surface area contributed by atoms with Crippen LogP contribution in [0.25, 0.3) is 0 Å². The summed E-state index contributed by atoms with van der Waals surface area (Å²) in [6.07, 6.45) is 13.3. The van der Waals surface area contributed by atoms with E-state index in [1.807, 2.05) is 27.7 Å². The Morgan fingerprint density at radius 2 is 0.513 bits per heavy atom. The van der Waals surface area contributed by atoms with E-state index in [1.165, 1.54) is 85.5 Å². The van der Waals surface area contributed by atoms with Crippen molar-refractivity contribution in [2.24, 2.45) is 65.1 Å². The van der Waals surface area contributed by atoms with E-state index >= 15 is 0 Å². The molecule has 10 heteroatoms. The van der Waals surface area contributed by atoms with Gasteiger partial charge in [-0.1, -0.05) is 210 Å². The Morgan fingerprint density at radius 1 is 0.263 bits per heavy atom. The van der Waals surface area contributed by atoms with E-state index in [0.29, 0.717) is 43.0 Å². The van der Waals surface area contributed by atoms with Crippen LogP contribution in [0.5, 0.6) is 0 Å². The zero-order chi connectivity index (χ0) is 55.7. The third-order valence-corrected chi connectivity index (χ3v) is 10.3. The number of halogens is 4. The number of hydrogen-bond donors (Lipinski definition) is 0. The van der Waals surface area contributed by atoms with Gasteiger partial charge >= 0.3 is 0 Å². The molecule has 0 atom stereocenters. The number of unbranched alkanes of at least 4 members (excludes halogenated alkanes) is 1. The SMILES string of the molecule is C.C.C.C.C.C.CC(C)CCCCOC(C)C.CC(C)CCCOCC(C)C.CC(C)CCCOCC(C)C.CC(C)CCOCC(F)(F)C(C)C.CC(C)CCOCC(F)(F)C(C)C.CC(C)CCOCCC(C)C. The quantitative estimate of drug-likeness (QED) is 0.0460. The topological polar surface area (TPSA) is 55.4 Å². The number of alkyl halides is 4. The molecule has 0 aromatic heterocycles. The Kier molecular flexibility index (Phi) is 96.5. The average molecular weight is 1120 g/mol. The average Bonchev–Trinajstić information content (AvgIpc) is 3.21. The van der Waals surface area contributed by atoms with Crippen LogP contribution in [0.4, 0.5) is 17.6 Å². The van der Waals surface area contributed by atoms with Crippen LogP contribution in [0.2, 0.25) is 0 Å². The molecule has 0 radical (unpaired) electrons. The number of rotatable bonds is 36. The third kappa shape index (κ3) is 109. The Hall–Kier alpha value is -0.520. The molecule has 0 aliphatic heterocycles. The molecule has 0 rings (SSSR count). The van der Waals surface area contributed by atoms with Gasteiger partial charge in [0.15, 0.2) is 0 Å². The van der Waals surface area contributed by atoms with Gasteiger partial charge in [-0.15, -0.1) is 0 Å². The first-order chi connectivity index (χ1) is 32.2. The lowest BCUT2D eigenvalue weighted by atomic mass is 10.1. The van der Waals surface area contributed by atoms with Crippen LogP contribution in [-0.2, 0) is 28.4 Å². The van der Waals surface area contributed by atoms with Gasteiger partial charge in [0.2, 0.25) is 0 Å². The summed E-state index contributed by atoms with van der Waals surface area (Å²) in [6, 6.07) is 0. The maximum absolute atomic E-state index is 12.9. The van der Waals surface area contributed by atoms with Crippen molar-refractivity contribution < 1.29 is 46.0 Å². The molecule has 0 bridgehead atoms. The van der Waals surface area contributed by atoms with E-state index in [2.05, 4.69) is 111 Å². The Labute approximate surface area is 481 Å². The summed E-state index contributed by atoms with van der Waals surface area (Å²) in [5.41, 5.74) is 0. The van der Waals surface area contributed by atoms with Crippen molar-refractivity contribution in [2.75, 3.05) is 72.7 Å². The minimum atomic E-state index is -2.68. The van der Waals surface area contributed by atoms with Gasteiger partial charge in [0, 0.05) is 71.3 Å². The maximum atomic E-state index is 12.9. The summed E-state index contributed by atoms with van der Waals surface area (Å²) >= 11 is 0. The molecule has 76 heavy (non-hydrogen) atoms. The molecule has 0 N–H and O–H groups in total. The second-order valence-corrected chi connectivity index (χ2v) is 24.1. The predicted molar refractivity (Wildman–Crippen MR) is 339 cm³/mol. The molecule has 0 fully saturated rings. The molecule has 0 aliphatic carbocycles. The minimum Gasteiger partial charge on any atom is -0.381 e. The van der Waals surface area contributed by atoms with Crippen LogP contribution >= 0.6 is 0 Å². The van der Waals surface area contributed by atoms with Gasteiger partial charge in [0.25, 0.3) is 11.8 Å². The van der Waals surface area contributed by atoms with E-state index in [-0.39, 0.29) is 44.6 Å². The highest BCUT2D eigenvalue weighted by Crippen LogP contribution is 2.25. The van der Waals surface area contributed by atoms with Crippen LogP contribution in [0.15, 0.2) is 0 Å². The molecule has 0 aromatic carbocycles. The molecule has 6 nitrogen and oxygen atoms in total. The monoisotopic (exact) mass is 1120 g/mol. The Morgan fingerprint density at radius 3 is 0.737 bits per heavy atom. The second kappa shape index (κ2) is 70.6. The molecule has 0 aliphatic rings. The first kappa shape index (κ1) is 104. The van der Waals surface area contributed by atoms with Gasteiger partial charge < -0.3 is 28.4 Å². The van der Waals surface area contributed by atoms with Crippen molar-refractivity contribution in [2.45, 2.75) is 299 Å². The van der Waals surface area contributed by atoms with Crippen molar-refractivity contribution in [3.63, 3.8) is 0 Å². The van der Waals surface area contributed by atoms with Crippen LogP contribution in [-0.4, -0.2) is 90.6 Å². The zero-order valence-electron chi connectivity index (χ0n) is 51.4. The first-order valence-corrected chi connectivity index (χ1v) is 28.5. The van der Waals surface area contributed by atoms with Crippen LogP contribution in [0.1, 0.15) is 281 Å². The highest BCUT2D eigenvalue weighted by molar-refractivity contribution is 4.70. The fourth-order valence-electron chi connectivity index (χ4n) is 4.93. The molecule has 0 aromatic rings. The Bertz CT molecular complexity index is 810. The van der Waals surface area contributed by atoms with Crippen molar-refractivity contribution in [3.8, 4) is 0 Å². The summed E-state index contributed by atoms with van der Waals surface area (Å²) in [5.74, 6) is -0.275. The number of hydrogen-bond acceptors (Lipinski definition) is 6. The lowest BCUT2D eigenvalue weighted by Gasteiger charge is -2.20. The van der Waals surface area contributed by atoms with Gasteiger partial charge in [-0.25, -0.2) is 17.6 Å². The molecule has 0 heterocycles. The van der Waals surface area contributed by atoms with Crippen molar-refractivity contribution in [1.29, 1.82) is 0 Å². The Balaban J connectivity index is -0.0000000638. The van der Waals surface area contributed by atoms with Crippen LogP contribution in [0, 0.1) is 65.1 Å². The molecular formula is C66H152F4O6. The van der Waals surface area contributed by atoms with Gasteiger partial charge in [0.1, 0.15) is 13.2 Å². The van der Waals surface area contributed by atoms with Crippen molar-refractivity contribution in [1.82, 2.24) is 0 Å². The van der Waals surface area contributed by atoms with E-state index in [0.717, 1.165) is 88.7 Å². The second-order valence-electron chi connectivity index (χ2n) is 24.1. The van der Waals surface area contributed by atoms with E-state index < -0.39 is 36.9 Å². The largest absolute Gasteiger partial charge is 0.381 e. The lowest BCUT2D eigenvalue weighted by Crippen LogP contribution is -2.30. The van der Waals surface area contributed by atoms with E-state index in [1.54, 1.807) is 0 Å². The fraction of sp³-hybridized carbons (Fsp3) is 1.00. The van der Waals surface area contributed by atoms with Gasteiger partial charge in [-0.3, -0.25) is 0 Å². The van der Waals surface area contributed by atoms with Gasteiger partial charge in [-0.05, 0) is 125 Å². The summed E-state index contributed by atoms with van der Waals surface area (Å²) in [7, 11) is 0. The molecule has 0 saturated carbocycles. The normalized spacial score (nSPS) is 11.1. The fourth-order valence-corrected chi connectivity index (χ4v) is 4.93. The number of ether oxygens (including phenoxy) is 6. The molecule has 0 spiro atoms. The van der Waals surface area contributed by atoms with Crippen LogP contribution < -0.4 is 0 Å². The maximum Gasteiger partial charge on any atom is 0.273 e. The smallest absolute Gasteiger partial charge is 0.273 e. The summed E-state index contributed by atoms with van der Waals surface area (Å²) in [6.45, 7) is 56.0. The minimum absolute atomic E-state index is 0. The standard InChI is InChI=1S/2C10H20F2O.4C10H22O.6CH4/c2*1-8(2)5-6-13-7-10(11,12)9(3)4;1-9(2)5-7-11-8-6-10(3)4;2*1-9(2)6-5-7-11-8-10(3)4;1-9(2)7-5-6-8-11-10(3)4;;;;;;/h2*8-9H,5-7H2,1-4H3;4*9-10H,5-8H2,1-4H3;6*1H4. The summed E-state index contributed by atoms with van der Waals surface area (Å²) in [5, 5.41) is 0. The zero-order valence-corrected chi connectivity index (χ0v) is 51.4. The first-order valence-electron chi connectivity index (χ1n) is 28.5. The highest BCUT2D eigenvalue weighted by atomic mass is 19.3.